The smallest absolute Gasteiger partial charge is 0.123 e. The van der Waals surface area contributed by atoms with Crippen molar-refractivity contribution in [3.63, 3.8) is 0 Å². The van der Waals surface area contributed by atoms with Crippen LogP contribution >= 0.6 is 0 Å². The van der Waals surface area contributed by atoms with Gasteiger partial charge in [0, 0.05) is 29.2 Å². The van der Waals surface area contributed by atoms with Gasteiger partial charge in [-0.25, -0.2) is 4.39 Å². The van der Waals surface area contributed by atoms with E-state index < -0.39 is 6.10 Å². The molecule has 2 aromatic rings. The number of aliphatic hydroxyl groups excluding tert-OH is 1. The highest BCUT2D eigenvalue weighted by molar-refractivity contribution is 5.41. The van der Waals surface area contributed by atoms with Gasteiger partial charge in [-0.3, -0.25) is 0 Å². The van der Waals surface area contributed by atoms with Crippen LogP contribution in [0, 0.1) is 19.7 Å². The van der Waals surface area contributed by atoms with Gasteiger partial charge in [0.15, 0.2) is 0 Å². The van der Waals surface area contributed by atoms with E-state index in [1.165, 1.54) is 12.1 Å². The minimum absolute atomic E-state index is 0.246. The molecule has 0 aliphatic carbocycles. The van der Waals surface area contributed by atoms with Crippen molar-refractivity contribution in [2.24, 2.45) is 0 Å². The molecule has 0 bridgehead atoms. The van der Waals surface area contributed by atoms with Crippen molar-refractivity contribution in [2.45, 2.75) is 20.0 Å². The minimum atomic E-state index is -0.523. The summed E-state index contributed by atoms with van der Waals surface area (Å²) < 4.78 is 15.1. The Bertz CT molecular complexity index is 587. The molecule has 1 N–H and O–H groups in total. The molecule has 0 saturated carbocycles. The molecule has 1 aromatic heterocycles. The lowest BCUT2D eigenvalue weighted by Gasteiger charge is -2.16. The molecular formula is C16H21FN2O. The van der Waals surface area contributed by atoms with Gasteiger partial charge in [0.25, 0.3) is 0 Å². The Hall–Kier alpha value is -1.65. The minimum Gasteiger partial charge on any atom is -0.387 e. The summed E-state index contributed by atoms with van der Waals surface area (Å²) in [4.78, 5) is 1.95. The number of rotatable bonds is 4. The Balaban J connectivity index is 2.41. The molecular weight excluding hydrogens is 255 g/mol. The molecule has 0 aliphatic heterocycles. The predicted molar refractivity (Wildman–Crippen MR) is 78.7 cm³/mol. The first-order chi connectivity index (χ1) is 9.40. The zero-order valence-corrected chi connectivity index (χ0v) is 12.4. The van der Waals surface area contributed by atoms with Crippen molar-refractivity contribution >= 4 is 0 Å². The Morgan fingerprint density at radius 2 is 1.80 bits per heavy atom. The fraction of sp³-hybridized carbons (Fsp3) is 0.375. The first kappa shape index (κ1) is 14.8. The molecule has 0 saturated heterocycles. The molecule has 1 atom stereocenters. The quantitative estimate of drug-likeness (QED) is 0.930. The van der Waals surface area contributed by atoms with Gasteiger partial charge in [0.05, 0.1) is 6.10 Å². The first-order valence-corrected chi connectivity index (χ1v) is 6.67. The van der Waals surface area contributed by atoms with Crippen LogP contribution in [0.3, 0.4) is 0 Å². The van der Waals surface area contributed by atoms with E-state index in [9.17, 15) is 9.50 Å². The first-order valence-electron chi connectivity index (χ1n) is 6.67. The van der Waals surface area contributed by atoms with E-state index in [1.54, 1.807) is 12.1 Å². The van der Waals surface area contributed by atoms with Crippen LogP contribution in [0.1, 0.15) is 23.1 Å². The van der Waals surface area contributed by atoms with Gasteiger partial charge >= 0.3 is 0 Å². The summed E-state index contributed by atoms with van der Waals surface area (Å²) in [6, 6.07) is 8.38. The van der Waals surface area contributed by atoms with Gasteiger partial charge < -0.3 is 14.6 Å². The molecule has 1 unspecified atom stereocenters. The van der Waals surface area contributed by atoms with Gasteiger partial charge in [0.2, 0.25) is 0 Å². The Morgan fingerprint density at radius 1 is 1.20 bits per heavy atom. The normalized spacial score (nSPS) is 12.9. The van der Waals surface area contributed by atoms with E-state index in [0.717, 1.165) is 22.6 Å². The largest absolute Gasteiger partial charge is 0.387 e. The van der Waals surface area contributed by atoms with Gasteiger partial charge in [-0.1, -0.05) is 0 Å². The highest BCUT2D eigenvalue weighted by atomic mass is 19.1. The summed E-state index contributed by atoms with van der Waals surface area (Å²) in [5.41, 5.74) is 3.84. The molecule has 1 aromatic carbocycles. The summed E-state index contributed by atoms with van der Waals surface area (Å²) in [6.07, 6.45) is -0.523. The number of halogens is 1. The summed E-state index contributed by atoms with van der Waals surface area (Å²) in [5.74, 6) is -0.246. The molecule has 0 aliphatic rings. The third-order valence-electron chi connectivity index (χ3n) is 3.45. The number of aliphatic hydroxyl groups is 1. The number of hydrogen-bond donors (Lipinski definition) is 1. The van der Waals surface area contributed by atoms with E-state index in [4.69, 9.17) is 0 Å². The molecule has 1 heterocycles. The van der Waals surface area contributed by atoms with Crippen LogP contribution in [-0.2, 0) is 0 Å². The van der Waals surface area contributed by atoms with Crippen LogP contribution in [0.15, 0.2) is 30.3 Å². The van der Waals surface area contributed by atoms with Crippen molar-refractivity contribution in [2.75, 3.05) is 20.6 Å². The number of nitrogens with zero attached hydrogens (tertiary/aromatic N) is 2. The molecule has 4 heteroatoms. The van der Waals surface area contributed by atoms with E-state index in [1.807, 2.05) is 43.5 Å². The lowest BCUT2D eigenvalue weighted by Crippen LogP contribution is -2.20. The fourth-order valence-corrected chi connectivity index (χ4v) is 2.56. The second-order valence-corrected chi connectivity index (χ2v) is 5.42. The van der Waals surface area contributed by atoms with E-state index in [-0.39, 0.29) is 5.82 Å². The topological polar surface area (TPSA) is 28.4 Å². The van der Waals surface area contributed by atoms with E-state index in [2.05, 4.69) is 0 Å². The molecule has 0 fully saturated rings. The average molecular weight is 276 g/mol. The van der Waals surface area contributed by atoms with Gasteiger partial charge in [-0.2, -0.15) is 0 Å². The van der Waals surface area contributed by atoms with Gasteiger partial charge in [-0.15, -0.1) is 0 Å². The van der Waals surface area contributed by atoms with E-state index in [0.29, 0.717) is 6.54 Å². The zero-order valence-electron chi connectivity index (χ0n) is 12.4. The highest BCUT2D eigenvalue weighted by Crippen LogP contribution is 2.26. The fourth-order valence-electron chi connectivity index (χ4n) is 2.56. The average Bonchev–Trinajstić information content (AvgIpc) is 2.66. The van der Waals surface area contributed by atoms with E-state index >= 15 is 0 Å². The lowest BCUT2D eigenvalue weighted by atomic mass is 10.1. The number of hydrogen-bond acceptors (Lipinski definition) is 2. The molecule has 0 spiro atoms. The third kappa shape index (κ3) is 2.92. The van der Waals surface area contributed by atoms with Crippen molar-refractivity contribution in [3.8, 4) is 5.69 Å². The van der Waals surface area contributed by atoms with Crippen molar-refractivity contribution in [3.05, 3.63) is 53.1 Å². The molecule has 0 amide bonds. The van der Waals surface area contributed by atoms with Crippen LogP contribution in [0.4, 0.5) is 4.39 Å². The lowest BCUT2D eigenvalue weighted by molar-refractivity contribution is 0.138. The maximum atomic E-state index is 13.0. The number of benzene rings is 1. The van der Waals surface area contributed by atoms with Crippen molar-refractivity contribution in [1.82, 2.24) is 9.47 Å². The molecule has 2 rings (SSSR count). The molecule has 0 radical (unpaired) electrons. The zero-order chi connectivity index (χ0) is 14.9. The standard InChI is InChI=1S/C16H21FN2O/c1-11-9-15(16(20)10-18(3)4)12(2)19(11)14-7-5-13(17)6-8-14/h5-9,16,20H,10H2,1-4H3. The van der Waals surface area contributed by atoms with Crippen LogP contribution in [0.2, 0.25) is 0 Å². The van der Waals surface area contributed by atoms with Gasteiger partial charge in [-0.05, 0) is 58.3 Å². The van der Waals surface area contributed by atoms with Crippen molar-refractivity contribution < 1.29 is 9.50 Å². The number of likely N-dealkylation sites (N-methyl/N-ethyl adjacent to an activating group) is 1. The monoisotopic (exact) mass is 276 g/mol. The second-order valence-electron chi connectivity index (χ2n) is 5.42. The number of aryl methyl sites for hydroxylation is 1. The van der Waals surface area contributed by atoms with Gasteiger partial charge in [0.1, 0.15) is 5.82 Å². The maximum absolute atomic E-state index is 13.0. The summed E-state index contributed by atoms with van der Waals surface area (Å²) >= 11 is 0. The second kappa shape index (κ2) is 5.77. The third-order valence-corrected chi connectivity index (χ3v) is 3.45. The van der Waals surface area contributed by atoms with Crippen LogP contribution in [0.25, 0.3) is 5.69 Å². The Kier molecular flexibility index (Phi) is 4.26. The van der Waals surface area contributed by atoms with Crippen molar-refractivity contribution in [1.29, 1.82) is 0 Å². The van der Waals surface area contributed by atoms with Crippen LogP contribution < -0.4 is 0 Å². The van der Waals surface area contributed by atoms with Crippen LogP contribution in [0.5, 0.6) is 0 Å². The summed E-state index contributed by atoms with van der Waals surface area (Å²) in [5, 5.41) is 10.3. The predicted octanol–water partition coefficient (Wildman–Crippen LogP) is 2.83. The SMILES string of the molecule is Cc1cc(C(O)CN(C)C)c(C)n1-c1ccc(F)cc1. The molecule has 108 valence electrons. The Morgan fingerprint density at radius 3 is 2.35 bits per heavy atom. The van der Waals surface area contributed by atoms with Crippen LogP contribution in [-0.4, -0.2) is 35.2 Å². The maximum Gasteiger partial charge on any atom is 0.123 e. The highest BCUT2D eigenvalue weighted by Gasteiger charge is 2.17. The Labute approximate surface area is 119 Å². The number of aromatic nitrogens is 1. The summed E-state index contributed by atoms with van der Waals surface area (Å²) in [7, 11) is 3.87. The summed E-state index contributed by atoms with van der Waals surface area (Å²) in [6.45, 7) is 4.54. The molecule has 3 nitrogen and oxygen atoms in total. The molecule has 20 heavy (non-hydrogen) atoms.